The van der Waals surface area contributed by atoms with Crippen LogP contribution in [0.25, 0.3) is 0 Å². The highest BCUT2D eigenvalue weighted by Gasteiger charge is 2.35. The molecule has 2 fully saturated rings. The molecule has 1 aromatic rings. The molecule has 6 nitrogen and oxygen atoms in total. The van der Waals surface area contributed by atoms with Gasteiger partial charge in [0.1, 0.15) is 0 Å². The van der Waals surface area contributed by atoms with E-state index in [9.17, 15) is 13.2 Å². The first kappa shape index (κ1) is 20.1. The van der Waals surface area contributed by atoms with Crippen LogP contribution >= 0.6 is 0 Å². The van der Waals surface area contributed by atoms with E-state index in [0.717, 1.165) is 76.1 Å². The lowest BCUT2D eigenvalue weighted by Gasteiger charge is -2.27. The van der Waals surface area contributed by atoms with E-state index in [1.807, 2.05) is 0 Å². The smallest absolute Gasteiger partial charge is 0.254 e. The molecule has 0 spiro atoms. The third kappa shape index (κ3) is 4.02. The van der Waals surface area contributed by atoms with Crippen LogP contribution in [0.4, 0.5) is 5.69 Å². The lowest BCUT2D eigenvalue weighted by atomic mass is 9.97. The van der Waals surface area contributed by atoms with Gasteiger partial charge in [0, 0.05) is 24.5 Å². The predicted molar refractivity (Wildman–Crippen MR) is 118 cm³/mol. The predicted octanol–water partition coefficient (Wildman–Crippen LogP) is 2.48. The molecule has 1 atom stereocenters. The first-order chi connectivity index (χ1) is 14.6. The van der Waals surface area contributed by atoms with Crippen molar-refractivity contribution in [1.29, 1.82) is 0 Å². The molecule has 0 aromatic heterocycles. The van der Waals surface area contributed by atoms with Crippen molar-refractivity contribution in [3.8, 4) is 0 Å². The van der Waals surface area contributed by atoms with Crippen molar-refractivity contribution in [2.75, 3.05) is 18.4 Å². The summed E-state index contributed by atoms with van der Waals surface area (Å²) in [4.78, 5) is 15.9. The Bertz CT molecular complexity index is 925. The Balaban J connectivity index is 1.44. The van der Waals surface area contributed by atoms with Crippen molar-refractivity contribution >= 4 is 22.5 Å². The number of hydrogen-bond donors (Lipinski definition) is 3. The second-order valence-corrected chi connectivity index (χ2v) is 10.0. The number of benzene rings is 1. The monoisotopic (exact) mass is 429 g/mol. The molecule has 1 aliphatic heterocycles. The summed E-state index contributed by atoms with van der Waals surface area (Å²) < 4.78 is 24.8. The van der Waals surface area contributed by atoms with Gasteiger partial charge in [-0.2, -0.15) is 0 Å². The van der Waals surface area contributed by atoms with Gasteiger partial charge in [-0.05, 0) is 98.9 Å². The fraction of sp³-hybridized carbons (Fsp3) is 0.609. The summed E-state index contributed by atoms with van der Waals surface area (Å²) in [5.41, 5.74) is 6.93. The van der Waals surface area contributed by atoms with Crippen molar-refractivity contribution in [2.24, 2.45) is 5.92 Å². The van der Waals surface area contributed by atoms with Crippen LogP contribution in [-0.4, -0.2) is 38.4 Å². The number of hydrogen-bond acceptors (Lipinski definition) is 4. The van der Waals surface area contributed by atoms with Gasteiger partial charge in [0.15, 0.2) is 0 Å². The molecule has 5 rings (SSSR count). The van der Waals surface area contributed by atoms with E-state index in [0.29, 0.717) is 5.57 Å². The van der Waals surface area contributed by atoms with Crippen molar-refractivity contribution in [2.45, 2.75) is 70.3 Å². The number of thiol groups is 1. The van der Waals surface area contributed by atoms with Crippen molar-refractivity contribution in [3.63, 3.8) is 0 Å². The summed E-state index contributed by atoms with van der Waals surface area (Å²) in [6.45, 7) is 1.99. The number of likely N-dealkylation sites (tertiary alicyclic amines) is 1. The normalized spacial score (nSPS) is 23.6. The molecule has 1 saturated heterocycles. The molecule has 0 radical (unpaired) electrons. The zero-order valence-electron chi connectivity index (χ0n) is 17.4. The van der Waals surface area contributed by atoms with Crippen LogP contribution in [0.1, 0.15) is 60.8 Å². The highest BCUT2D eigenvalue weighted by molar-refractivity contribution is 7.70. The molecular weight excluding hydrogens is 398 g/mol. The van der Waals surface area contributed by atoms with Gasteiger partial charge in [0.05, 0.1) is 5.57 Å². The van der Waals surface area contributed by atoms with Crippen molar-refractivity contribution < 1.29 is 13.2 Å². The van der Waals surface area contributed by atoms with Gasteiger partial charge >= 0.3 is 0 Å². The number of carbonyl (C=O) groups excluding carboxylic acids is 1. The maximum absolute atomic E-state index is 13.5. The van der Waals surface area contributed by atoms with Gasteiger partial charge in [-0.15, -0.1) is 0 Å². The minimum Gasteiger partial charge on any atom is -0.322 e. The van der Waals surface area contributed by atoms with Crippen LogP contribution in [0.15, 0.2) is 17.8 Å². The maximum Gasteiger partial charge on any atom is 0.254 e. The van der Waals surface area contributed by atoms with E-state index in [1.165, 1.54) is 41.3 Å². The molecule has 1 heterocycles. The molecule has 30 heavy (non-hydrogen) atoms. The lowest BCUT2D eigenvalue weighted by molar-refractivity contribution is -0.113. The first-order valence-corrected chi connectivity index (χ1v) is 12.6. The largest absolute Gasteiger partial charge is 0.322 e. The lowest BCUT2D eigenvalue weighted by Crippen LogP contribution is -2.37. The SMILES string of the molecule is O=C(Nc1c2c(cc3c1CCC3)CCC2)C(=CN[SH](=O)=O)C1CCCN1CC1CC1. The summed E-state index contributed by atoms with van der Waals surface area (Å²) >= 11 is 0. The number of aryl methyl sites for hydroxylation is 2. The van der Waals surface area contributed by atoms with Gasteiger partial charge in [-0.1, -0.05) is 6.07 Å². The van der Waals surface area contributed by atoms with Gasteiger partial charge in [0.25, 0.3) is 5.91 Å². The molecule has 2 N–H and O–H groups in total. The number of fused-ring (bicyclic) bond motifs is 2. The van der Waals surface area contributed by atoms with E-state index in [2.05, 4.69) is 21.0 Å². The molecule has 3 aliphatic carbocycles. The summed E-state index contributed by atoms with van der Waals surface area (Å²) in [7, 11) is -2.78. The minimum atomic E-state index is -2.78. The van der Waals surface area contributed by atoms with Crippen LogP contribution in [0.3, 0.4) is 0 Å². The fourth-order valence-corrected chi connectivity index (χ4v) is 5.86. The van der Waals surface area contributed by atoms with Crippen LogP contribution < -0.4 is 10.0 Å². The average Bonchev–Trinajstić information content (AvgIpc) is 3.11. The van der Waals surface area contributed by atoms with Crippen molar-refractivity contribution in [3.05, 3.63) is 40.1 Å². The number of carbonyl (C=O) groups is 1. The maximum atomic E-state index is 13.5. The topological polar surface area (TPSA) is 78.5 Å². The van der Waals surface area contributed by atoms with Crippen LogP contribution in [-0.2, 0) is 41.4 Å². The third-order valence-electron chi connectivity index (χ3n) is 7.21. The summed E-state index contributed by atoms with van der Waals surface area (Å²) in [5.74, 6) is 0.584. The Morgan fingerprint density at radius 2 is 1.73 bits per heavy atom. The zero-order valence-corrected chi connectivity index (χ0v) is 18.3. The molecule has 1 unspecified atom stereocenters. The Labute approximate surface area is 180 Å². The van der Waals surface area contributed by atoms with E-state index in [-0.39, 0.29) is 11.9 Å². The Morgan fingerprint density at radius 1 is 1.03 bits per heavy atom. The Hall–Kier alpha value is -1.86. The van der Waals surface area contributed by atoms with Crippen molar-refractivity contribution in [1.82, 2.24) is 9.62 Å². The number of rotatable bonds is 7. The number of anilines is 1. The average molecular weight is 430 g/mol. The van der Waals surface area contributed by atoms with Crippen LogP contribution in [0, 0.1) is 5.92 Å². The highest BCUT2D eigenvalue weighted by atomic mass is 32.2. The minimum absolute atomic E-state index is 0.0159. The highest BCUT2D eigenvalue weighted by Crippen LogP contribution is 2.39. The summed E-state index contributed by atoms with van der Waals surface area (Å²) in [5, 5.41) is 3.26. The van der Waals surface area contributed by atoms with Gasteiger partial charge < -0.3 is 5.32 Å². The second kappa shape index (κ2) is 8.35. The van der Waals surface area contributed by atoms with Gasteiger partial charge in [0.2, 0.25) is 10.9 Å². The standard InChI is InChI=1S/C23H31N3O3S/c27-23(25-22-18-6-1-4-16(18)12-17-5-2-7-19(17)22)20(13-24-30(28)29)21-8-3-11-26(21)14-15-9-10-15/h12-13,15,21,30H,1-11,14H2,(H,25,27)(H,24,28,29). The quantitative estimate of drug-likeness (QED) is 0.460. The van der Waals surface area contributed by atoms with Gasteiger partial charge in [-0.25, -0.2) is 8.42 Å². The van der Waals surface area contributed by atoms with E-state index in [1.54, 1.807) is 0 Å². The summed E-state index contributed by atoms with van der Waals surface area (Å²) in [6.07, 6.45) is 12.4. The Morgan fingerprint density at radius 3 is 2.37 bits per heavy atom. The third-order valence-corrected chi connectivity index (χ3v) is 7.55. The summed E-state index contributed by atoms with van der Waals surface area (Å²) in [6, 6.07) is 2.34. The second-order valence-electron chi connectivity index (χ2n) is 9.27. The zero-order chi connectivity index (χ0) is 20.7. The van der Waals surface area contributed by atoms with Crippen LogP contribution in [0.5, 0.6) is 0 Å². The molecule has 1 saturated carbocycles. The molecule has 7 heteroatoms. The van der Waals surface area contributed by atoms with E-state index in [4.69, 9.17) is 0 Å². The molecule has 1 aromatic carbocycles. The van der Waals surface area contributed by atoms with Gasteiger partial charge in [-0.3, -0.25) is 14.4 Å². The number of nitrogens with zero attached hydrogens (tertiary/aromatic N) is 1. The van der Waals surface area contributed by atoms with Crippen LogP contribution in [0.2, 0.25) is 0 Å². The first-order valence-electron chi connectivity index (χ1n) is 11.4. The molecule has 4 aliphatic rings. The molecule has 1 amide bonds. The number of nitrogens with one attached hydrogen (secondary N) is 2. The molecule has 0 bridgehead atoms. The number of amides is 1. The molecule has 162 valence electrons. The Kier molecular flexibility index (Phi) is 5.58. The van der Waals surface area contributed by atoms with E-state index < -0.39 is 10.9 Å². The fourth-order valence-electron chi connectivity index (χ4n) is 5.62. The van der Waals surface area contributed by atoms with E-state index >= 15 is 0 Å². The molecular formula is C23H31N3O3S.